The number of carbonyl (C=O) groups is 3. The molecule has 1 N–H and O–H groups in total. The van der Waals surface area contributed by atoms with Gasteiger partial charge in [0, 0.05) is 19.6 Å². The van der Waals surface area contributed by atoms with Crippen molar-refractivity contribution in [2.24, 2.45) is 0 Å². The van der Waals surface area contributed by atoms with Gasteiger partial charge in [-0.3, -0.25) is 19.3 Å². The van der Waals surface area contributed by atoms with E-state index in [2.05, 4.69) is 5.32 Å². The first kappa shape index (κ1) is 17.6. The van der Waals surface area contributed by atoms with Crippen molar-refractivity contribution in [2.45, 2.75) is 12.8 Å². The van der Waals surface area contributed by atoms with Crippen LogP contribution in [-0.4, -0.2) is 67.3 Å². The zero-order valence-electron chi connectivity index (χ0n) is 13.6. The number of carbonyl (C=O) groups excluding carboxylic acids is 3. The molecule has 0 radical (unpaired) electrons. The fraction of sp³-hybridized carbons (Fsp3) is 0.438. The van der Waals surface area contributed by atoms with Crippen LogP contribution in [0.4, 0.5) is 0 Å². The number of amides is 3. The van der Waals surface area contributed by atoms with Crippen molar-refractivity contribution >= 4 is 27.7 Å². The van der Waals surface area contributed by atoms with Gasteiger partial charge in [0.25, 0.3) is 11.8 Å². The molecular weight excluding hydrogens is 346 g/mol. The second-order valence-corrected chi connectivity index (χ2v) is 8.10. The molecule has 2 heterocycles. The molecule has 1 saturated heterocycles. The third-order valence-corrected chi connectivity index (χ3v) is 6.19. The van der Waals surface area contributed by atoms with Crippen molar-refractivity contribution in [3.05, 3.63) is 35.4 Å². The first-order valence-corrected chi connectivity index (χ1v) is 9.71. The largest absolute Gasteiger partial charge is 0.353 e. The van der Waals surface area contributed by atoms with E-state index >= 15 is 0 Å². The number of sulfonamides is 1. The average Bonchev–Trinajstić information content (AvgIpc) is 3.20. The highest BCUT2D eigenvalue weighted by atomic mass is 32.2. The molecule has 1 fully saturated rings. The van der Waals surface area contributed by atoms with Crippen LogP contribution in [0.25, 0.3) is 0 Å². The number of nitrogens with one attached hydrogen (secondary N) is 1. The Bertz CT molecular complexity index is 780. The molecule has 9 heteroatoms. The highest BCUT2D eigenvalue weighted by Crippen LogP contribution is 2.21. The second-order valence-electron chi connectivity index (χ2n) is 6.01. The van der Waals surface area contributed by atoms with Gasteiger partial charge in [0.05, 0.1) is 16.9 Å². The van der Waals surface area contributed by atoms with Gasteiger partial charge in [0.2, 0.25) is 15.9 Å². The predicted octanol–water partition coefficient (Wildman–Crippen LogP) is -0.176. The molecule has 2 aliphatic rings. The van der Waals surface area contributed by atoms with E-state index in [1.165, 1.54) is 16.4 Å². The van der Waals surface area contributed by atoms with Crippen molar-refractivity contribution in [3.8, 4) is 0 Å². The fourth-order valence-corrected chi connectivity index (χ4v) is 4.43. The van der Waals surface area contributed by atoms with E-state index in [1.54, 1.807) is 12.1 Å². The number of hydrogen-bond donors (Lipinski definition) is 1. The van der Waals surface area contributed by atoms with Gasteiger partial charge in [-0.05, 0) is 25.0 Å². The Morgan fingerprint density at radius 3 is 2.16 bits per heavy atom. The Labute approximate surface area is 145 Å². The number of benzene rings is 1. The lowest BCUT2D eigenvalue weighted by atomic mass is 10.1. The molecule has 3 amide bonds. The summed E-state index contributed by atoms with van der Waals surface area (Å²) in [5.74, 6) is -1.78. The maximum atomic E-state index is 12.2. The first-order chi connectivity index (χ1) is 11.9. The number of fused-ring (bicyclic) bond motifs is 1. The Kier molecular flexibility index (Phi) is 4.87. The number of hydrogen-bond acceptors (Lipinski definition) is 5. The van der Waals surface area contributed by atoms with Crippen molar-refractivity contribution < 1.29 is 22.8 Å². The van der Waals surface area contributed by atoms with Crippen molar-refractivity contribution in [3.63, 3.8) is 0 Å². The molecule has 2 aliphatic heterocycles. The van der Waals surface area contributed by atoms with E-state index in [-0.39, 0.29) is 23.4 Å². The Morgan fingerprint density at radius 1 is 1.04 bits per heavy atom. The third kappa shape index (κ3) is 3.57. The van der Waals surface area contributed by atoms with Crippen LogP contribution in [0.1, 0.15) is 33.6 Å². The van der Waals surface area contributed by atoms with Crippen LogP contribution in [0.15, 0.2) is 24.3 Å². The summed E-state index contributed by atoms with van der Waals surface area (Å²) in [4.78, 5) is 37.2. The van der Waals surface area contributed by atoms with Gasteiger partial charge in [-0.15, -0.1) is 0 Å². The maximum absolute atomic E-state index is 12.2. The predicted molar refractivity (Wildman–Crippen MR) is 89.4 cm³/mol. The van der Waals surface area contributed by atoms with Gasteiger partial charge >= 0.3 is 0 Å². The normalized spacial score (nSPS) is 17.8. The summed E-state index contributed by atoms with van der Waals surface area (Å²) >= 11 is 0. The summed E-state index contributed by atoms with van der Waals surface area (Å²) in [6.07, 6.45) is 1.71. The van der Waals surface area contributed by atoms with Crippen LogP contribution in [0.5, 0.6) is 0 Å². The zero-order chi connectivity index (χ0) is 18.0. The minimum Gasteiger partial charge on any atom is -0.353 e. The number of nitrogens with zero attached hydrogens (tertiary/aromatic N) is 2. The molecule has 0 saturated carbocycles. The monoisotopic (exact) mass is 365 g/mol. The lowest BCUT2D eigenvalue weighted by Gasteiger charge is -2.16. The highest BCUT2D eigenvalue weighted by Gasteiger charge is 2.36. The van der Waals surface area contributed by atoms with Gasteiger partial charge < -0.3 is 5.32 Å². The standard InChI is InChI=1S/C16H19N3O5S/c20-14(17-7-10-25(23,24)18-8-3-4-9-18)11-19-15(21)12-5-1-2-6-13(12)16(19)22/h1-2,5-6H,3-4,7-11H2,(H,17,20). The fourth-order valence-electron chi connectivity index (χ4n) is 3.00. The van der Waals surface area contributed by atoms with E-state index in [0.717, 1.165) is 17.7 Å². The van der Waals surface area contributed by atoms with Crippen molar-refractivity contribution in [2.75, 3.05) is 31.9 Å². The summed E-state index contributed by atoms with van der Waals surface area (Å²) < 4.78 is 25.6. The van der Waals surface area contributed by atoms with Gasteiger partial charge in [0.1, 0.15) is 6.54 Å². The minimum atomic E-state index is -3.38. The molecule has 25 heavy (non-hydrogen) atoms. The summed E-state index contributed by atoms with van der Waals surface area (Å²) in [6, 6.07) is 6.37. The van der Waals surface area contributed by atoms with E-state index in [4.69, 9.17) is 0 Å². The SMILES string of the molecule is O=C(CN1C(=O)c2ccccc2C1=O)NCCS(=O)(=O)N1CCCC1. The first-order valence-electron chi connectivity index (χ1n) is 8.10. The topological polar surface area (TPSA) is 104 Å². The minimum absolute atomic E-state index is 0.0547. The molecule has 1 aromatic carbocycles. The number of imide groups is 1. The van der Waals surface area contributed by atoms with Gasteiger partial charge in [-0.2, -0.15) is 0 Å². The van der Waals surface area contributed by atoms with E-state index in [1.807, 2.05) is 0 Å². The van der Waals surface area contributed by atoms with E-state index in [9.17, 15) is 22.8 Å². The van der Waals surface area contributed by atoms with Crippen LogP contribution >= 0.6 is 0 Å². The molecule has 1 aromatic rings. The molecule has 0 aromatic heterocycles. The molecule has 134 valence electrons. The second kappa shape index (κ2) is 6.93. The molecule has 0 bridgehead atoms. The Morgan fingerprint density at radius 2 is 1.60 bits per heavy atom. The van der Waals surface area contributed by atoms with Gasteiger partial charge in [-0.25, -0.2) is 12.7 Å². The van der Waals surface area contributed by atoms with Crippen LogP contribution in [0, 0.1) is 0 Å². The summed E-state index contributed by atoms with van der Waals surface area (Å²) in [6.45, 7) is 0.563. The lowest BCUT2D eigenvalue weighted by Crippen LogP contribution is -2.42. The van der Waals surface area contributed by atoms with Crippen LogP contribution in [0.2, 0.25) is 0 Å². The molecule has 0 atom stereocenters. The molecule has 0 aliphatic carbocycles. The Balaban J connectivity index is 1.52. The summed E-state index contributed by atoms with van der Waals surface area (Å²) in [5.41, 5.74) is 0.550. The van der Waals surface area contributed by atoms with E-state index in [0.29, 0.717) is 13.1 Å². The smallest absolute Gasteiger partial charge is 0.262 e. The van der Waals surface area contributed by atoms with Crippen LogP contribution in [0.3, 0.4) is 0 Å². The molecule has 8 nitrogen and oxygen atoms in total. The molecule has 3 rings (SSSR count). The van der Waals surface area contributed by atoms with Gasteiger partial charge in [-0.1, -0.05) is 12.1 Å². The Hall–Kier alpha value is -2.26. The maximum Gasteiger partial charge on any atom is 0.262 e. The zero-order valence-corrected chi connectivity index (χ0v) is 14.4. The van der Waals surface area contributed by atoms with Crippen molar-refractivity contribution in [1.29, 1.82) is 0 Å². The van der Waals surface area contributed by atoms with Crippen LogP contribution < -0.4 is 5.32 Å². The molecule has 0 spiro atoms. The summed E-state index contributed by atoms with van der Waals surface area (Å²) in [5, 5.41) is 2.47. The molecular formula is C16H19N3O5S. The number of rotatable bonds is 6. The summed E-state index contributed by atoms with van der Waals surface area (Å²) in [7, 11) is -3.38. The van der Waals surface area contributed by atoms with Gasteiger partial charge in [0.15, 0.2) is 0 Å². The van der Waals surface area contributed by atoms with Crippen molar-refractivity contribution in [1.82, 2.24) is 14.5 Å². The average molecular weight is 365 g/mol. The lowest BCUT2D eigenvalue weighted by molar-refractivity contribution is -0.121. The van der Waals surface area contributed by atoms with Crippen LogP contribution in [-0.2, 0) is 14.8 Å². The third-order valence-electron chi connectivity index (χ3n) is 4.32. The highest BCUT2D eigenvalue weighted by molar-refractivity contribution is 7.89. The molecule has 0 unspecified atom stereocenters. The quantitative estimate of drug-likeness (QED) is 0.705. The van der Waals surface area contributed by atoms with E-state index < -0.39 is 34.3 Å².